The third-order valence-electron chi connectivity index (χ3n) is 4.26. The predicted octanol–water partition coefficient (Wildman–Crippen LogP) is 4.26. The molecule has 1 aromatic heterocycles. The summed E-state index contributed by atoms with van der Waals surface area (Å²) >= 11 is 0. The monoisotopic (exact) mass is 378 g/mol. The number of nitrogens with zero attached hydrogens (tertiary/aromatic N) is 1. The zero-order valence-electron chi connectivity index (χ0n) is 16.1. The molecule has 28 heavy (non-hydrogen) atoms. The second kappa shape index (κ2) is 8.52. The number of hydrogen-bond acceptors (Lipinski definition) is 5. The predicted molar refractivity (Wildman–Crippen MR) is 108 cm³/mol. The van der Waals surface area contributed by atoms with Gasteiger partial charge in [0.05, 0.1) is 23.4 Å². The van der Waals surface area contributed by atoms with Crippen molar-refractivity contribution >= 4 is 28.5 Å². The molecule has 0 bridgehead atoms. The van der Waals surface area contributed by atoms with Crippen LogP contribution >= 0.6 is 0 Å². The molecule has 1 amide bonds. The number of carbonyl (C=O) groups excluding carboxylic acids is 2. The summed E-state index contributed by atoms with van der Waals surface area (Å²) in [5, 5.41) is 3.61. The smallest absolute Gasteiger partial charge is 0.340 e. The number of rotatable bonds is 6. The molecule has 1 N–H and O–H groups in total. The molecular weight excluding hydrogens is 356 g/mol. The quantitative estimate of drug-likeness (QED) is 0.649. The van der Waals surface area contributed by atoms with E-state index >= 15 is 0 Å². The van der Waals surface area contributed by atoms with Crippen LogP contribution in [0.4, 0.5) is 5.69 Å². The van der Waals surface area contributed by atoms with Gasteiger partial charge in [0, 0.05) is 18.0 Å². The minimum atomic E-state index is -0.405. The Morgan fingerprint density at radius 3 is 2.46 bits per heavy atom. The fourth-order valence-electron chi connectivity index (χ4n) is 3.01. The molecule has 0 saturated heterocycles. The highest BCUT2D eigenvalue weighted by atomic mass is 16.5. The van der Waals surface area contributed by atoms with Crippen LogP contribution in [0, 0.1) is 6.92 Å². The Labute approximate surface area is 163 Å². The van der Waals surface area contributed by atoms with Crippen molar-refractivity contribution in [1.29, 1.82) is 0 Å². The molecule has 0 atom stereocenters. The van der Waals surface area contributed by atoms with Gasteiger partial charge in [-0.05, 0) is 49.7 Å². The molecule has 3 aromatic rings. The van der Waals surface area contributed by atoms with Crippen molar-refractivity contribution in [2.75, 3.05) is 11.9 Å². The third-order valence-corrected chi connectivity index (χ3v) is 4.26. The second-order valence-electron chi connectivity index (χ2n) is 6.29. The number of fused-ring (bicyclic) bond motifs is 1. The van der Waals surface area contributed by atoms with E-state index in [0.29, 0.717) is 22.7 Å². The summed E-state index contributed by atoms with van der Waals surface area (Å²) in [4.78, 5) is 28.3. The number of para-hydroxylation sites is 1. The molecule has 0 fully saturated rings. The van der Waals surface area contributed by atoms with E-state index in [4.69, 9.17) is 9.47 Å². The molecule has 0 spiro atoms. The molecule has 0 radical (unpaired) electrons. The zero-order valence-corrected chi connectivity index (χ0v) is 16.1. The molecule has 2 aromatic carbocycles. The number of carbonyl (C=O) groups is 2. The first-order chi connectivity index (χ1) is 13.5. The number of esters is 1. The average molecular weight is 378 g/mol. The van der Waals surface area contributed by atoms with Crippen molar-refractivity contribution < 1.29 is 19.1 Å². The van der Waals surface area contributed by atoms with Crippen molar-refractivity contribution in [2.45, 2.75) is 27.4 Å². The van der Waals surface area contributed by atoms with Gasteiger partial charge in [-0.25, -0.2) is 9.78 Å². The maximum atomic E-state index is 12.5. The molecular formula is C22H22N2O4. The molecule has 144 valence electrons. The summed E-state index contributed by atoms with van der Waals surface area (Å²) in [6.45, 7) is 5.53. The first kappa shape index (κ1) is 19.4. The Morgan fingerprint density at radius 2 is 1.79 bits per heavy atom. The fourth-order valence-corrected chi connectivity index (χ4v) is 3.01. The molecule has 0 unspecified atom stereocenters. The van der Waals surface area contributed by atoms with E-state index in [0.717, 1.165) is 16.5 Å². The second-order valence-corrected chi connectivity index (χ2v) is 6.29. The van der Waals surface area contributed by atoms with Gasteiger partial charge in [-0.3, -0.25) is 4.79 Å². The molecule has 1 heterocycles. The number of ether oxygens (including phenoxy) is 2. The Balaban J connectivity index is 1.89. The molecule has 0 aliphatic carbocycles. The van der Waals surface area contributed by atoms with E-state index in [-0.39, 0.29) is 19.1 Å². The van der Waals surface area contributed by atoms with Crippen LogP contribution in [-0.2, 0) is 16.1 Å². The lowest BCUT2D eigenvalue weighted by molar-refractivity contribution is -0.114. The van der Waals surface area contributed by atoms with Crippen molar-refractivity contribution in [3.05, 3.63) is 65.4 Å². The number of benzene rings is 2. The number of pyridine rings is 1. The van der Waals surface area contributed by atoms with Gasteiger partial charge in [-0.1, -0.05) is 18.2 Å². The van der Waals surface area contributed by atoms with Gasteiger partial charge in [0.2, 0.25) is 5.91 Å². The molecule has 3 rings (SSSR count). The Hall–Kier alpha value is -3.41. The van der Waals surface area contributed by atoms with Gasteiger partial charge in [0.1, 0.15) is 12.4 Å². The summed E-state index contributed by atoms with van der Waals surface area (Å²) in [6.07, 6.45) is 0. The highest BCUT2D eigenvalue weighted by molar-refractivity contribution is 5.98. The normalized spacial score (nSPS) is 10.5. The van der Waals surface area contributed by atoms with Crippen molar-refractivity contribution in [3.8, 4) is 5.75 Å². The minimum Gasteiger partial charge on any atom is -0.487 e. The van der Waals surface area contributed by atoms with E-state index < -0.39 is 5.97 Å². The SMILES string of the molecule is CCOC(=O)c1c(COc2ccc(NC(C)=O)cc2)nc2ccccc2c1C. The Bertz CT molecular complexity index is 1010. The van der Waals surface area contributed by atoms with Crippen LogP contribution in [0.5, 0.6) is 5.75 Å². The van der Waals surface area contributed by atoms with Crippen LogP contribution in [0.25, 0.3) is 10.9 Å². The lowest BCUT2D eigenvalue weighted by atomic mass is 10.0. The van der Waals surface area contributed by atoms with E-state index in [1.54, 1.807) is 31.2 Å². The fraction of sp³-hybridized carbons (Fsp3) is 0.227. The van der Waals surface area contributed by atoms with E-state index in [9.17, 15) is 9.59 Å². The lowest BCUT2D eigenvalue weighted by Gasteiger charge is -2.14. The Morgan fingerprint density at radius 1 is 1.07 bits per heavy atom. The standard InChI is InChI=1S/C22H22N2O4/c1-4-27-22(26)21-14(2)18-7-5-6-8-19(18)24-20(21)13-28-17-11-9-16(10-12-17)23-15(3)25/h5-12H,4,13H2,1-3H3,(H,23,25). The molecule has 6 nitrogen and oxygen atoms in total. The zero-order chi connectivity index (χ0) is 20.1. The van der Waals surface area contributed by atoms with Crippen molar-refractivity contribution in [3.63, 3.8) is 0 Å². The topological polar surface area (TPSA) is 77.5 Å². The van der Waals surface area contributed by atoms with E-state index in [1.807, 2.05) is 31.2 Å². The average Bonchev–Trinajstić information content (AvgIpc) is 2.67. The largest absolute Gasteiger partial charge is 0.487 e. The Kier molecular flexibility index (Phi) is 5.89. The number of nitrogens with one attached hydrogen (secondary N) is 1. The van der Waals surface area contributed by atoms with Crippen LogP contribution < -0.4 is 10.1 Å². The van der Waals surface area contributed by atoms with Crippen LogP contribution in [0.1, 0.15) is 35.5 Å². The van der Waals surface area contributed by atoms with Crippen LogP contribution in [0.2, 0.25) is 0 Å². The lowest BCUT2D eigenvalue weighted by Crippen LogP contribution is -2.14. The highest BCUT2D eigenvalue weighted by Crippen LogP contribution is 2.25. The maximum absolute atomic E-state index is 12.5. The van der Waals surface area contributed by atoms with Crippen LogP contribution in [-0.4, -0.2) is 23.5 Å². The van der Waals surface area contributed by atoms with Crippen LogP contribution in [0.3, 0.4) is 0 Å². The van der Waals surface area contributed by atoms with Gasteiger partial charge >= 0.3 is 5.97 Å². The number of amides is 1. The van der Waals surface area contributed by atoms with E-state index in [1.165, 1.54) is 6.92 Å². The number of aromatic nitrogens is 1. The third kappa shape index (κ3) is 4.28. The number of aryl methyl sites for hydroxylation is 1. The molecule has 6 heteroatoms. The summed E-state index contributed by atoms with van der Waals surface area (Å²) in [5.41, 5.74) is 3.28. The molecule has 0 aliphatic rings. The first-order valence-electron chi connectivity index (χ1n) is 9.05. The first-order valence-corrected chi connectivity index (χ1v) is 9.05. The van der Waals surface area contributed by atoms with Gasteiger partial charge in [0.15, 0.2) is 0 Å². The minimum absolute atomic E-state index is 0.124. The van der Waals surface area contributed by atoms with Crippen molar-refractivity contribution in [2.24, 2.45) is 0 Å². The summed E-state index contributed by atoms with van der Waals surface area (Å²) in [5.74, 6) is 0.0676. The molecule has 0 saturated carbocycles. The summed E-state index contributed by atoms with van der Waals surface area (Å²) in [7, 11) is 0. The number of hydrogen-bond donors (Lipinski definition) is 1. The summed E-state index contributed by atoms with van der Waals surface area (Å²) in [6, 6.07) is 14.7. The van der Waals surface area contributed by atoms with Gasteiger partial charge in [-0.15, -0.1) is 0 Å². The number of anilines is 1. The molecule has 0 aliphatic heterocycles. The maximum Gasteiger partial charge on any atom is 0.340 e. The van der Waals surface area contributed by atoms with Crippen LogP contribution in [0.15, 0.2) is 48.5 Å². The van der Waals surface area contributed by atoms with Crippen molar-refractivity contribution in [1.82, 2.24) is 4.98 Å². The van der Waals surface area contributed by atoms with Gasteiger partial charge < -0.3 is 14.8 Å². The van der Waals surface area contributed by atoms with Gasteiger partial charge in [0.25, 0.3) is 0 Å². The summed E-state index contributed by atoms with van der Waals surface area (Å²) < 4.78 is 11.1. The van der Waals surface area contributed by atoms with Gasteiger partial charge in [-0.2, -0.15) is 0 Å². The highest BCUT2D eigenvalue weighted by Gasteiger charge is 2.20. The van der Waals surface area contributed by atoms with E-state index in [2.05, 4.69) is 10.3 Å².